The molecule has 0 saturated heterocycles. The first-order chi connectivity index (χ1) is 9.72. The molecule has 0 spiro atoms. The van der Waals surface area contributed by atoms with E-state index in [2.05, 4.69) is 0 Å². The van der Waals surface area contributed by atoms with E-state index in [1.54, 1.807) is 0 Å². The van der Waals surface area contributed by atoms with Crippen LogP contribution in [0.25, 0.3) is 0 Å². The third-order valence-corrected chi connectivity index (χ3v) is 5.97. The third-order valence-electron chi connectivity index (χ3n) is 5.97. The Morgan fingerprint density at radius 1 is 1.00 bits per heavy atom. The minimum Gasteiger partial charge on any atom is -0.491 e. The summed E-state index contributed by atoms with van der Waals surface area (Å²) >= 11 is 0. The van der Waals surface area contributed by atoms with Gasteiger partial charge in [-0.3, -0.25) is 0 Å². The van der Waals surface area contributed by atoms with E-state index in [4.69, 9.17) is 10.5 Å². The molecular weight excluding hydrogens is 246 g/mol. The van der Waals surface area contributed by atoms with Crippen molar-refractivity contribution in [3.63, 3.8) is 0 Å². The van der Waals surface area contributed by atoms with Gasteiger partial charge < -0.3 is 10.5 Å². The minimum absolute atomic E-state index is 0.609. The van der Waals surface area contributed by atoms with Crippen molar-refractivity contribution in [1.82, 2.24) is 0 Å². The van der Waals surface area contributed by atoms with Crippen LogP contribution in [-0.2, 0) is 0 Å². The van der Waals surface area contributed by atoms with E-state index < -0.39 is 0 Å². The van der Waals surface area contributed by atoms with Crippen LogP contribution < -0.4 is 10.5 Å². The van der Waals surface area contributed by atoms with Crippen LogP contribution in [-0.4, -0.2) is 6.61 Å². The molecule has 108 valence electrons. The fourth-order valence-corrected chi connectivity index (χ4v) is 5.59. The van der Waals surface area contributed by atoms with Crippen LogP contribution in [0.5, 0.6) is 5.75 Å². The number of hydrogen-bond donors (Lipinski definition) is 1. The molecule has 4 bridgehead atoms. The lowest BCUT2D eigenvalue weighted by Crippen LogP contribution is -2.46. The van der Waals surface area contributed by atoms with Gasteiger partial charge in [-0.2, -0.15) is 0 Å². The summed E-state index contributed by atoms with van der Waals surface area (Å²) in [5, 5.41) is 0. The van der Waals surface area contributed by atoms with Gasteiger partial charge in [0.05, 0.1) is 12.3 Å². The zero-order chi connectivity index (χ0) is 13.6. The Balaban J connectivity index is 1.39. The van der Waals surface area contributed by atoms with Gasteiger partial charge in [0.15, 0.2) is 0 Å². The van der Waals surface area contributed by atoms with Crippen LogP contribution in [0.15, 0.2) is 24.3 Å². The molecule has 0 radical (unpaired) electrons. The summed E-state index contributed by atoms with van der Waals surface area (Å²) in [4.78, 5) is 0. The fraction of sp³-hybridized carbons (Fsp3) is 0.667. The average Bonchev–Trinajstić information content (AvgIpc) is 2.39. The number of para-hydroxylation sites is 2. The highest BCUT2D eigenvalue weighted by molar-refractivity contribution is 5.51. The molecule has 5 rings (SSSR count). The summed E-state index contributed by atoms with van der Waals surface area (Å²) in [6.45, 7) is 0.834. The summed E-state index contributed by atoms with van der Waals surface area (Å²) in [7, 11) is 0. The number of nitrogens with two attached hydrogens (primary N) is 1. The first-order valence-electron chi connectivity index (χ1n) is 8.20. The maximum atomic E-state index is 5.95. The van der Waals surface area contributed by atoms with Crippen molar-refractivity contribution < 1.29 is 4.74 Å². The van der Waals surface area contributed by atoms with E-state index in [0.717, 1.165) is 35.8 Å². The Kier molecular flexibility index (Phi) is 2.94. The molecule has 2 N–H and O–H groups in total. The molecular formula is C18H25NO. The van der Waals surface area contributed by atoms with Crippen LogP contribution in [0.1, 0.15) is 44.9 Å². The topological polar surface area (TPSA) is 35.2 Å². The summed E-state index contributed by atoms with van der Waals surface area (Å²) < 4.78 is 5.95. The predicted octanol–water partition coefficient (Wildman–Crippen LogP) is 4.25. The first-order valence-corrected chi connectivity index (χ1v) is 8.20. The van der Waals surface area contributed by atoms with Gasteiger partial charge in [0.2, 0.25) is 0 Å². The first kappa shape index (κ1) is 12.6. The Hall–Kier alpha value is -1.18. The van der Waals surface area contributed by atoms with Crippen LogP contribution >= 0.6 is 0 Å². The highest BCUT2D eigenvalue weighted by atomic mass is 16.5. The van der Waals surface area contributed by atoms with Crippen molar-refractivity contribution in [2.24, 2.45) is 23.2 Å². The third kappa shape index (κ3) is 2.19. The molecule has 4 saturated carbocycles. The molecule has 4 aliphatic carbocycles. The highest BCUT2D eigenvalue weighted by Crippen LogP contribution is 2.61. The normalized spacial score (nSPS) is 38.1. The molecule has 4 fully saturated rings. The average molecular weight is 271 g/mol. The predicted molar refractivity (Wildman–Crippen MR) is 81.6 cm³/mol. The lowest BCUT2D eigenvalue weighted by atomic mass is 9.49. The molecule has 2 nitrogen and oxygen atoms in total. The second kappa shape index (κ2) is 4.68. The van der Waals surface area contributed by atoms with Crippen LogP contribution in [0, 0.1) is 23.2 Å². The zero-order valence-electron chi connectivity index (χ0n) is 12.2. The van der Waals surface area contributed by atoms with E-state index in [1.807, 2.05) is 24.3 Å². The summed E-state index contributed by atoms with van der Waals surface area (Å²) in [6.07, 6.45) is 10.2. The maximum absolute atomic E-state index is 5.95. The van der Waals surface area contributed by atoms with Gasteiger partial charge in [0.25, 0.3) is 0 Å². The lowest BCUT2D eigenvalue weighted by Gasteiger charge is -2.57. The van der Waals surface area contributed by atoms with Crippen molar-refractivity contribution in [1.29, 1.82) is 0 Å². The van der Waals surface area contributed by atoms with Gasteiger partial charge in [0.1, 0.15) is 5.75 Å². The minimum atomic E-state index is 0.609. The van der Waals surface area contributed by atoms with Gasteiger partial charge in [-0.15, -0.1) is 0 Å². The quantitative estimate of drug-likeness (QED) is 0.831. The largest absolute Gasteiger partial charge is 0.491 e. The zero-order valence-corrected chi connectivity index (χ0v) is 12.2. The van der Waals surface area contributed by atoms with Gasteiger partial charge in [0, 0.05) is 0 Å². The van der Waals surface area contributed by atoms with Crippen molar-refractivity contribution >= 4 is 5.69 Å². The molecule has 20 heavy (non-hydrogen) atoms. The molecule has 2 heteroatoms. The van der Waals surface area contributed by atoms with Gasteiger partial charge in [-0.1, -0.05) is 12.1 Å². The summed E-state index contributed by atoms with van der Waals surface area (Å²) in [5.41, 5.74) is 7.31. The highest BCUT2D eigenvalue weighted by Gasteiger charge is 2.50. The summed E-state index contributed by atoms with van der Waals surface area (Å²) in [5.74, 6) is 3.95. The number of ether oxygens (including phenoxy) is 1. The SMILES string of the molecule is Nc1ccccc1OCCC12CC3CC(CC(C3)C1)C2. The van der Waals surface area contributed by atoms with Crippen molar-refractivity contribution in [3.8, 4) is 5.75 Å². The van der Waals surface area contributed by atoms with Gasteiger partial charge in [-0.25, -0.2) is 0 Å². The van der Waals surface area contributed by atoms with Crippen LogP contribution in [0.3, 0.4) is 0 Å². The number of benzene rings is 1. The van der Waals surface area contributed by atoms with E-state index in [1.165, 1.54) is 44.9 Å². The van der Waals surface area contributed by atoms with E-state index in [0.29, 0.717) is 5.41 Å². The van der Waals surface area contributed by atoms with Crippen molar-refractivity contribution in [2.45, 2.75) is 44.9 Å². The van der Waals surface area contributed by atoms with E-state index >= 15 is 0 Å². The number of rotatable bonds is 4. The van der Waals surface area contributed by atoms with Crippen LogP contribution in [0.2, 0.25) is 0 Å². The Bertz CT molecular complexity index is 461. The van der Waals surface area contributed by atoms with Crippen molar-refractivity contribution in [2.75, 3.05) is 12.3 Å². The molecule has 0 amide bonds. The molecule has 1 aromatic rings. The maximum Gasteiger partial charge on any atom is 0.142 e. The second-order valence-electron chi connectivity index (χ2n) is 7.55. The molecule has 0 aliphatic heterocycles. The van der Waals surface area contributed by atoms with Gasteiger partial charge >= 0.3 is 0 Å². The van der Waals surface area contributed by atoms with Gasteiger partial charge in [-0.05, 0) is 80.2 Å². The second-order valence-corrected chi connectivity index (χ2v) is 7.55. The number of hydrogen-bond acceptors (Lipinski definition) is 2. The van der Waals surface area contributed by atoms with Crippen LogP contribution in [0.4, 0.5) is 5.69 Å². The van der Waals surface area contributed by atoms with E-state index in [9.17, 15) is 0 Å². The van der Waals surface area contributed by atoms with Crippen molar-refractivity contribution in [3.05, 3.63) is 24.3 Å². The molecule has 0 heterocycles. The summed E-state index contributed by atoms with van der Waals surface area (Å²) in [6, 6.07) is 7.85. The molecule has 1 aromatic carbocycles. The Morgan fingerprint density at radius 2 is 1.60 bits per heavy atom. The molecule has 4 aliphatic rings. The molecule has 0 aromatic heterocycles. The fourth-order valence-electron chi connectivity index (χ4n) is 5.59. The molecule has 0 unspecified atom stereocenters. The Morgan fingerprint density at radius 3 is 2.20 bits per heavy atom. The molecule has 0 atom stereocenters. The standard InChI is InChI=1S/C18H25NO/c19-16-3-1-2-4-17(16)20-6-5-18-10-13-7-14(11-18)9-15(8-13)12-18/h1-4,13-15H,5-12,19H2. The number of anilines is 1. The monoisotopic (exact) mass is 271 g/mol. The van der Waals surface area contributed by atoms with E-state index in [-0.39, 0.29) is 0 Å². The number of nitrogen functional groups attached to an aromatic ring is 1. The Labute approximate surface area is 121 Å². The smallest absolute Gasteiger partial charge is 0.142 e. The lowest BCUT2D eigenvalue weighted by molar-refractivity contribution is -0.0622.